The minimum Gasteiger partial charge on any atom is -0.329 e. The van der Waals surface area contributed by atoms with E-state index < -0.39 is 10.0 Å². The van der Waals surface area contributed by atoms with Gasteiger partial charge in [-0.15, -0.1) is 11.3 Å². The zero-order valence-electron chi connectivity index (χ0n) is 9.35. The molecule has 0 aliphatic heterocycles. The molecule has 3 N–H and O–H groups in total. The van der Waals surface area contributed by atoms with Gasteiger partial charge in [-0.1, -0.05) is 25.8 Å². The van der Waals surface area contributed by atoms with Crippen LogP contribution >= 0.6 is 11.3 Å². The van der Waals surface area contributed by atoms with Gasteiger partial charge in [0.05, 0.1) is 0 Å². The Morgan fingerprint density at radius 2 is 2.31 bits per heavy atom. The molecule has 0 fully saturated rings. The Balaban J connectivity index is 2.64. The summed E-state index contributed by atoms with van der Waals surface area (Å²) in [6.45, 7) is 2.41. The van der Waals surface area contributed by atoms with Gasteiger partial charge in [-0.05, 0) is 17.9 Å². The van der Waals surface area contributed by atoms with Crippen LogP contribution in [0.4, 0.5) is 0 Å². The van der Waals surface area contributed by atoms with Crippen LogP contribution in [0.1, 0.15) is 26.2 Å². The van der Waals surface area contributed by atoms with Crippen LogP contribution in [0.3, 0.4) is 0 Å². The zero-order chi connectivity index (χ0) is 12.0. The summed E-state index contributed by atoms with van der Waals surface area (Å²) in [5.74, 6) is 0. The molecule has 16 heavy (non-hydrogen) atoms. The second-order valence-electron chi connectivity index (χ2n) is 3.63. The smallest absolute Gasteiger partial charge is 0.250 e. The van der Waals surface area contributed by atoms with Gasteiger partial charge in [0.25, 0.3) is 0 Å². The number of unbranched alkanes of at least 4 members (excludes halogenated alkanes) is 1. The fourth-order valence-electron chi connectivity index (χ4n) is 1.37. The largest absolute Gasteiger partial charge is 0.329 e. The van der Waals surface area contributed by atoms with E-state index in [-0.39, 0.29) is 6.04 Å². The van der Waals surface area contributed by atoms with Gasteiger partial charge in [0.1, 0.15) is 4.21 Å². The summed E-state index contributed by atoms with van der Waals surface area (Å²) in [5.41, 5.74) is 5.55. The molecule has 6 heteroatoms. The normalized spacial score (nSPS) is 13.9. The highest BCUT2D eigenvalue weighted by molar-refractivity contribution is 7.91. The van der Waals surface area contributed by atoms with Crippen LogP contribution < -0.4 is 10.5 Å². The monoisotopic (exact) mass is 262 g/mol. The van der Waals surface area contributed by atoms with Gasteiger partial charge in [-0.25, -0.2) is 13.1 Å². The lowest BCUT2D eigenvalue weighted by Crippen LogP contribution is -2.39. The highest BCUT2D eigenvalue weighted by Crippen LogP contribution is 2.16. The fraction of sp³-hybridized carbons (Fsp3) is 0.600. The molecule has 0 radical (unpaired) electrons. The van der Waals surface area contributed by atoms with Crippen molar-refractivity contribution in [3.05, 3.63) is 17.5 Å². The van der Waals surface area contributed by atoms with Crippen molar-refractivity contribution in [2.75, 3.05) is 6.54 Å². The summed E-state index contributed by atoms with van der Waals surface area (Å²) in [5, 5.41) is 1.75. The van der Waals surface area contributed by atoms with Crippen LogP contribution in [0.15, 0.2) is 21.7 Å². The second-order valence-corrected chi connectivity index (χ2v) is 6.52. The van der Waals surface area contributed by atoms with Crippen LogP contribution in [0, 0.1) is 0 Å². The molecule has 0 aromatic carbocycles. The number of hydrogen-bond donors (Lipinski definition) is 2. The van der Waals surface area contributed by atoms with Crippen molar-refractivity contribution in [3.8, 4) is 0 Å². The van der Waals surface area contributed by atoms with Crippen molar-refractivity contribution in [2.24, 2.45) is 5.73 Å². The van der Waals surface area contributed by atoms with E-state index in [4.69, 9.17) is 5.73 Å². The van der Waals surface area contributed by atoms with Gasteiger partial charge in [-0.3, -0.25) is 0 Å². The Hall–Kier alpha value is -0.430. The summed E-state index contributed by atoms with van der Waals surface area (Å²) >= 11 is 1.21. The molecule has 1 rings (SSSR count). The Labute approximate surface area is 101 Å². The highest BCUT2D eigenvalue weighted by Gasteiger charge is 2.19. The van der Waals surface area contributed by atoms with Crippen molar-refractivity contribution in [1.29, 1.82) is 0 Å². The second kappa shape index (κ2) is 6.34. The van der Waals surface area contributed by atoms with Crippen LogP contribution in [0.2, 0.25) is 0 Å². The summed E-state index contributed by atoms with van der Waals surface area (Å²) in [6, 6.07) is 3.16. The fourth-order valence-corrected chi connectivity index (χ4v) is 3.66. The first-order valence-corrected chi connectivity index (χ1v) is 7.72. The van der Waals surface area contributed by atoms with E-state index >= 15 is 0 Å². The van der Waals surface area contributed by atoms with Crippen LogP contribution in [-0.4, -0.2) is 21.0 Å². The first-order chi connectivity index (χ1) is 7.60. The number of nitrogens with one attached hydrogen (secondary N) is 1. The topological polar surface area (TPSA) is 72.2 Å². The lowest BCUT2D eigenvalue weighted by atomic mass is 10.1. The summed E-state index contributed by atoms with van der Waals surface area (Å²) in [6.07, 6.45) is 2.81. The van der Waals surface area contributed by atoms with E-state index in [0.717, 1.165) is 19.3 Å². The van der Waals surface area contributed by atoms with Crippen molar-refractivity contribution < 1.29 is 8.42 Å². The average Bonchev–Trinajstić information content (AvgIpc) is 2.78. The van der Waals surface area contributed by atoms with E-state index in [2.05, 4.69) is 11.6 Å². The molecule has 0 bridgehead atoms. The third-order valence-electron chi connectivity index (χ3n) is 2.27. The van der Waals surface area contributed by atoms with Gasteiger partial charge in [-0.2, -0.15) is 0 Å². The van der Waals surface area contributed by atoms with Gasteiger partial charge in [0.2, 0.25) is 10.0 Å². The van der Waals surface area contributed by atoms with E-state index in [9.17, 15) is 8.42 Å². The Kier molecular flexibility index (Phi) is 5.40. The Morgan fingerprint density at radius 1 is 1.56 bits per heavy atom. The molecule has 0 saturated carbocycles. The number of sulfonamides is 1. The van der Waals surface area contributed by atoms with Crippen LogP contribution in [-0.2, 0) is 10.0 Å². The first-order valence-electron chi connectivity index (χ1n) is 5.36. The summed E-state index contributed by atoms with van der Waals surface area (Å²) in [7, 11) is -3.37. The molecule has 0 aliphatic carbocycles. The van der Waals surface area contributed by atoms with Crippen LogP contribution in [0.5, 0.6) is 0 Å². The molecule has 0 amide bonds. The summed E-state index contributed by atoms with van der Waals surface area (Å²) in [4.78, 5) is 0. The SMILES string of the molecule is CCCCC(CN)NS(=O)(=O)c1cccs1. The number of thiophene rings is 1. The Morgan fingerprint density at radius 3 is 2.81 bits per heavy atom. The maximum absolute atomic E-state index is 11.9. The van der Waals surface area contributed by atoms with E-state index in [1.54, 1.807) is 17.5 Å². The lowest BCUT2D eigenvalue weighted by Gasteiger charge is -2.15. The molecular formula is C10H18N2O2S2. The number of hydrogen-bond acceptors (Lipinski definition) is 4. The van der Waals surface area contributed by atoms with Crippen molar-refractivity contribution in [3.63, 3.8) is 0 Å². The van der Waals surface area contributed by atoms with E-state index in [1.807, 2.05) is 0 Å². The molecule has 4 nitrogen and oxygen atoms in total. The molecule has 1 atom stereocenters. The van der Waals surface area contributed by atoms with Gasteiger partial charge in [0.15, 0.2) is 0 Å². The van der Waals surface area contributed by atoms with Crippen LogP contribution in [0.25, 0.3) is 0 Å². The zero-order valence-corrected chi connectivity index (χ0v) is 11.0. The molecule has 1 aromatic rings. The molecule has 1 unspecified atom stereocenters. The van der Waals surface area contributed by atoms with Gasteiger partial charge < -0.3 is 5.73 Å². The molecule has 92 valence electrons. The average molecular weight is 262 g/mol. The number of rotatable bonds is 7. The molecule has 1 aromatic heterocycles. The highest BCUT2D eigenvalue weighted by atomic mass is 32.2. The van der Waals surface area contributed by atoms with Crippen molar-refractivity contribution in [1.82, 2.24) is 4.72 Å². The quantitative estimate of drug-likeness (QED) is 0.783. The molecule has 1 heterocycles. The molecular weight excluding hydrogens is 244 g/mol. The minimum atomic E-state index is -3.37. The summed E-state index contributed by atoms with van der Waals surface area (Å²) < 4.78 is 26.7. The van der Waals surface area contributed by atoms with Crippen molar-refractivity contribution >= 4 is 21.4 Å². The predicted octanol–water partition coefficient (Wildman–Crippen LogP) is 1.54. The maximum atomic E-state index is 11.9. The minimum absolute atomic E-state index is 0.160. The van der Waals surface area contributed by atoms with Crippen molar-refractivity contribution in [2.45, 2.75) is 36.4 Å². The van der Waals surface area contributed by atoms with E-state index in [0.29, 0.717) is 10.8 Å². The molecule has 0 saturated heterocycles. The maximum Gasteiger partial charge on any atom is 0.250 e. The third-order valence-corrected chi connectivity index (χ3v) is 5.19. The van der Waals surface area contributed by atoms with Gasteiger partial charge in [0, 0.05) is 12.6 Å². The predicted molar refractivity (Wildman–Crippen MR) is 67.0 cm³/mol. The number of nitrogens with two attached hydrogens (primary N) is 1. The molecule has 0 spiro atoms. The Bertz CT molecular complexity index is 387. The first kappa shape index (κ1) is 13.6. The molecule has 0 aliphatic rings. The lowest BCUT2D eigenvalue weighted by molar-refractivity contribution is 0.517. The standard InChI is InChI=1S/C10H18N2O2S2/c1-2-3-5-9(8-11)12-16(13,14)10-6-4-7-15-10/h4,6-7,9,12H,2-3,5,8,11H2,1H3. The van der Waals surface area contributed by atoms with Gasteiger partial charge >= 0.3 is 0 Å². The van der Waals surface area contributed by atoms with E-state index in [1.165, 1.54) is 11.3 Å². The third kappa shape index (κ3) is 3.86.